The second-order valence-electron chi connectivity index (χ2n) is 9.60. The summed E-state index contributed by atoms with van der Waals surface area (Å²) in [6, 6.07) is -2.07. The third-order valence-corrected chi connectivity index (χ3v) is 14.0. The van der Waals surface area contributed by atoms with Crippen molar-refractivity contribution in [3.05, 3.63) is 148 Å². The predicted molar refractivity (Wildman–Crippen MR) is 145 cm³/mol. The molecule has 0 atom stereocenters. The molecule has 22 heteroatoms. The van der Waals surface area contributed by atoms with Crippen LogP contribution in [0.5, 0.6) is 28.7 Å². The van der Waals surface area contributed by atoms with Crippen molar-refractivity contribution in [2.45, 2.75) is 0 Å². The van der Waals surface area contributed by atoms with Crippen molar-refractivity contribution in [1.82, 2.24) is 0 Å². The monoisotopic (exact) mass is 999 g/mol. The van der Waals surface area contributed by atoms with Crippen LogP contribution in [0.1, 0.15) is 0 Å². The Labute approximate surface area is 292 Å². The second kappa shape index (κ2) is 14.7. The van der Waals surface area contributed by atoms with Crippen LogP contribution in [0.25, 0.3) is 0 Å². The molecule has 0 spiro atoms. The van der Waals surface area contributed by atoms with Gasteiger partial charge < -0.3 is 0 Å². The number of halogens is 16. The number of rotatable bonds is 10. The molecule has 0 radical (unpaired) electrons. The summed E-state index contributed by atoms with van der Waals surface area (Å²) in [5.74, 6) is -42.9. The Balaban J connectivity index is 0.00000605. The van der Waals surface area contributed by atoms with Gasteiger partial charge in [0.1, 0.15) is 0 Å². The van der Waals surface area contributed by atoms with E-state index in [1.54, 1.807) is 0 Å². The quantitative estimate of drug-likeness (QED) is 0.103. The van der Waals surface area contributed by atoms with Crippen LogP contribution in [-0.2, 0) is 16.7 Å². The molecule has 0 bridgehead atoms. The number of hydrogen-bond acceptors (Lipinski definition) is 5. The Kier molecular flexibility index (Phi) is 11.3. The molecule has 0 amide bonds. The first kappa shape index (κ1) is 40.0. The molecule has 0 fully saturated rings. The van der Waals surface area contributed by atoms with Crippen LogP contribution in [0.15, 0.2) is 60.7 Å². The zero-order valence-electron chi connectivity index (χ0n) is 24.3. The first-order chi connectivity index (χ1) is 23.8. The minimum absolute atomic E-state index is 0. The van der Waals surface area contributed by atoms with Crippen LogP contribution < -0.4 is 17.0 Å². The molecule has 5 rings (SSSR count). The molecule has 0 aliphatic heterocycles. The van der Waals surface area contributed by atoms with Gasteiger partial charge in [-0.2, -0.15) is 0 Å². The van der Waals surface area contributed by atoms with Gasteiger partial charge in [0.2, 0.25) is 0 Å². The molecule has 0 N–H and O–H groups in total. The Bertz CT molecular complexity index is 1850. The van der Waals surface area contributed by atoms with Gasteiger partial charge in [0.25, 0.3) is 0 Å². The van der Waals surface area contributed by atoms with E-state index in [2.05, 4.69) is 0 Å². The summed E-state index contributed by atoms with van der Waals surface area (Å²) in [6.45, 7) is 0. The average molecular weight is 1000 g/mol. The molecule has 0 aliphatic carbocycles. The van der Waals surface area contributed by atoms with Gasteiger partial charge in [0.15, 0.2) is 0 Å². The van der Waals surface area contributed by atoms with Gasteiger partial charge in [0, 0.05) is 0 Å². The van der Waals surface area contributed by atoms with E-state index in [1.807, 2.05) is 0 Å². The van der Waals surface area contributed by atoms with Crippen molar-refractivity contribution in [1.29, 1.82) is 0 Å². The molecule has 0 aliphatic rings. The summed E-state index contributed by atoms with van der Waals surface area (Å²) in [6.07, 6.45) is 0. The van der Waals surface area contributed by atoms with Crippen LogP contribution >= 0.6 is 17.0 Å². The van der Waals surface area contributed by atoms with Crippen LogP contribution in [0.3, 0.4) is 0 Å². The zero-order chi connectivity index (χ0) is 37.6. The maximum absolute atomic E-state index is 15.2. The fourth-order valence-corrected chi connectivity index (χ4v) is 12.5. The van der Waals surface area contributed by atoms with Crippen molar-refractivity contribution in [2.75, 3.05) is 0 Å². The van der Waals surface area contributed by atoms with Crippen molar-refractivity contribution in [3.8, 4) is 28.7 Å². The fraction of sp³-hybridized carbons (Fsp3) is 0. The summed E-state index contributed by atoms with van der Waals surface area (Å²) in [5.41, 5.74) is 0. The Morgan fingerprint density at radius 3 is 0.577 bits per heavy atom. The van der Waals surface area contributed by atoms with E-state index >= 15 is 22.0 Å². The van der Waals surface area contributed by atoms with E-state index < -0.39 is 133 Å². The van der Waals surface area contributed by atoms with Crippen LogP contribution in [0.4, 0.5) is 65.9 Å². The first-order valence-corrected chi connectivity index (χ1v) is 18.9. The van der Waals surface area contributed by atoms with Crippen molar-refractivity contribution < 1.29 is 99.5 Å². The van der Waals surface area contributed by atoms with Gasteiger partial charge in [-0.1, -0.05) is 0 Å². The van der Waals surface area contributed by atoms with E-state index in [0.29, 0.717) is 0 Å². The molecule has 0 saturated heterocycles. The predicted octanol–water partition coefficient (Wildman–Crippen LogP) is 10.3. The minimum atomic E-state index is -9.73. The van der Waals surface area contributed by atoms with E-state index in [4.69, 9.17) is 17.0 Å². The van der Waals surface area contributed by atoms with Crippen molar-refractivity contribution >= 4 is 17.0 Å². The number of hydrogen-bond donors (Lipinski definition) is 0. The normalized spacial score (nSPS) is 12.0. The molecule has 0 heterocycles. The molecule has 0 saturated carbocycles. The molecular formula is C30H11BrF15O5W. The average Bonchev–Trinajstić information content (AvgIpc) is 3.01. The molecule has 0 aromatic heterocycles. The van der Waals surface area contributed by atoms with E-state index in [0.717, 1.165) is 0 Å². The molecule has 5 aromatic rings. The molecule has 279 valence electrons. The fourth-order valence-electron chi connectivity index (χ4n) is 3.87. The van der Waals surface area contributed by atoms with Gasteiger partial charge >= 0.3 is 276 Å². The van der Waals surface area contributed by atoms with Gasteiger partial charge in [-0.05, 0) is 0 Å². The Morgan fingerprint density at radius 2 is 0.423 bits per heavy atom. The summed E-state index contributed by atoms with van der Waals surface area (Å²) in [7, 11) is 0. The summed E-state index contributed by atoms with van der Waals surface area (Å²) < 4.78 is 246. The van der Waals surface area contributed by atoms with Gasteiger partial charge in [-0.25, -0.2) is 0 Å². The third kappa shape index (κ3) is 7.99. The zero-order valence-corrected chi connectivity index (χ0v) is 28.9. The standard InChI is InChI=1S/5C6H3F3O.BrH.W/c5*7-3-1-4(8)6(9)5(10)2-3;;/h5*1-2,10H;1H;/q;;;;;;+5/p-5. The molecule has 5 nitrogen and oxygen atoms in total. The van der Waals surface area contributed by atoms with Crippen molar-refractivity contribution in [3.63, 3.8) is 0 Å². The van der Waals surface area contributed by atoms with E-state index in [1.165, 1.54) is 0 Å². The summed E-state index contributed by atoms with van der Waals surface area (Å²) >= 11 is -9.73. The van der Waals surface area contributed by atoms with Crippen LogP contribution in [-0.4, -0.2) is 0 Å². The number of benzene rings is 5. The SMILES string of the molecule is Br.Fc1cc(F)c(F)c([O][W]([O]c2cc(F)cc(F)c2F)([O]c2cc(F)cc(F)c2F)([O]c2cc(F)cc(F)c2F)[O]c2cc(F)cc(F)c2F)c1. The van der Waals surface area contributed by atoms with E-state index in [-0.39, 0.29) is 77.6 Å². The summed E-state index contributed by atoms with van der Waals surface area (Å²) in [5, 5.41) is 0. The molecule has 52 heavy (non-hydrogen) atoms. The Hall–Kier alpha value is -4.78. The van der Waals surface area contributed by atoms with Crippen LogP contribution in [0.2, 0.25) is 0 Å². The van der Waals surface area contributed by atoms with Crippen molar-refractivity contribution in [2.24, 2.45) is 0 Å². The Morgan fingerprint density at radius 1 is 0.269 bits per heavy atom. The molecule has 5 aromatic carbocycles. The van der Waals surface area contributed by atoms with E-state index in [9.17, 15) is 43.9 Å². The topological polar surface area (TPSA) is 46.2 Å². The van der Waals surface area contributed by atoms with Gasteiger partial charge in [-0.3, -0.25) is 0 Å². The third-order valence-electron chi connectivity index (χ3n) is 5.93. The maximum atomic E-state index is 15.2. The second-order valence-corrected chi connectivity index (χ2v) is 17.5. The first-order valence-electron chi connectivity index (χ1n) is 13.0. The molecule has 0 unspecified atom stereocenters. The van der Waals surface area contributed by atoms with Gasteiger partial charge in [-0.15, -0.1) is 17.0 Å². The molecular weight excluding hydrogens is 989 g/mol. The van der Waals surface area contributed by atoms with Crippen LogP contribution in [0, 0.1) is 87.3 Å². The van der Waals surface area contributed by atoms with Gasteiger partial charge in [0.05, 0.1) is 0 Å². The summed E-state index contributed by atoms with van der Waals surface area (Å²) in [4.78, 5) is 0.